The number of rotatable bonds is 2. The van der Waals surface area contributed by atoms with E-state index < -0.39 is 0 Å². The van der Waals surface area contributed by atoms with E-state index in [9.17, 15) is 5.11 Å². The van der Waals surface area contributed by atoms with Crippen molar-refractivity contribution in [2.45, 2.75) is 0 Å². The Bertz CT molecular complexity index is 743. The minimum Gasteiger partial charge on any atom is -0.504 e. The zero-order valence-electron chi connectivity index (χ0n) is 9.88. The van der Waals surface area contributed by atoms with E-state index in [0.29, 0.717) is 16.5 Å². The lowest BCUT2D eigenvalue weighted by Gasteiger charge is -2.09. The maximum Gasteiger partial charge on any atom is 0.169 e. The van der Waals surface area contributed by atoms with Crippen LogP contribution in [0.3, 0.4) is 0 Å². The van der Waals surface area contributed by atoms with Crippen LogP contribution >= 0.6 is 11.6 Å². The molecular formula is C15H10ClNO2. The highest BCUT2D eigenvalue weighted by atomic mass is 35.5. The lowest BCUT2D eigenvalue weighted by atomic mass is 10.2. The molecule has 0 atom stereocenters. The van der Waals surface area contributed by atoms with Gasteiger partial charge in [-0.05, 0) is 36.4 Å². The summed E-state index contributed by atoms with van der Waals surface area (Å²) in [5, 5.41) is 11.2. The van der Waals surface area contributed by atoms with Gasteiger partial charge in [0.1, 0.15) is 5.75 Å². The van der Waals surface area contributed by atoms with E-state index in [0.717, 1.165) is 10.9 Å². The summed E-state index contributed by atoms with van der Waals surface area (Å²) in [5.74, 6) is 1.13. The van der Waals surface area contributed by atoms with Crippen LogP contribution in [0.25, 0.3) is 10.9 Å². The Kier molecular flexibility index (Phi) is 2.97. The van der Waals surface area contributed by atoms with Gasteiger partial charge in [-0.25, -0.2) is 0 Å². The third-order valence-corrected chi connectivity index (χ3v) is 2.99. The van der Waals surface area contributed by atoms with E-state index in [2.05, 4.69) is 4.98 Å². The second-order valence-electron chi connectivity index (χ2n) is 4.04. The Balaban J connectivity index is 2.09. The summed E-state index contributed by atoms with van der Waals surface area (Å²) in [4.78, 5) is 4.24. The molecule has 3 nitrogen and oxygen atoms in total. The van der Waals surface area contributed by atoms with E-state index in [1.807, 2.05) is 6.07 Å². The molecule has 0 saturated carbocycles. The van der Waals surface area contributed by atoms with Gasteiger partial charge >= 0.3 is 0 Å². The zero-order chi connectivity index (χ0) is 13.2. The SMILES string of the molecule is Oc1ccccc1Oc1ccnc2cc(Cl)ccc12. The molecule has 0 unspecified atom stereocenters. The van der Waals surface area contributed by atoms with Crippen molar-refractivity contribution >= 4 is 22.5 Å². The number of halogens is 1. The third kappa shape index (κ3) is 2.33. The van der Waals surface area contributed by atoms with Crippen LogP contribution in [0, 0.1) is 0 Å². The second kappa shape index (κ2) is 4.78. The van der Waals surface area contributed by atoms with Crippen LogP contribution in [0.1, 0.15) is 0 Å². The Labute approximate surface area is 115 Å². The number of phenolic OH excluding ortho intramolecular Hbond substituents is 1. The normalized spacial score (nSPS) is 10.6. The average Bonchev–Trinajstić information content (AvgIpc) is 2.41. The van der Waals surface area contributed by atoms with Crippen LogP contribution in [-0.2, 0) is 0 Å². The van der Waals surface area contributed by atoms with Crippen LogP contribution in [0.4, 0.5) is 0 Å². The molecular weight excluding hydrogens is 262 g/mol. The van der Waals surface area contributed by atoms with Crippen molar-refractivity contribution in [1.29, 1.82) is 0 Å². The molecule has 0 spiro atoms. The first-order valence-corrected chi connectivity index (χ1v) is 6.12. The highest BCUT2D eigenvalue weighted by molar-refractivity contribution is 6.31. The first-order valence-electron chi connectivity index (χ1n) is 5.74. The first kappa shape index (κ1) is 11.8. The molecule has 19 heavy (non-hydrogen) atoms. The molecule has 1 heterocycles. The number of hydrogen-bond acceptors (Lipinski definition) is 3. The summed E-state index contributed by atoms with van der Waals surface area (Å²) in [6, 6.07) is 14.0. The Morgan fingerprint density at radius 2 is 1.84 bits per heavy atom. The maximum absolute atomic E-state index is 9.73. The van der Waals surface area contributed by atoms with Crippen molar-refractivity contribution in [2.75, 3.05) is 0 Å². The van der Waals surface area contributed by atoms with Gasteiger partial charge in [0.25, 0.3) is 0 Å². The fourth-order valence-electron chi connectivity index (χ4n) is 1.85. The summed E-state index contributed by atoms with van der Waals surface area (Å²) < 4.78 is 5.73. The molecule has 0 bridgehead atoms. The molecule has 0 aliphatic rings. The van der Waals surface area contributed by atoms with Gasteiger partial charge in [0.05, 0.1) is 5.52 Å². The summed E-state index contributed by atoms with van der Waals surface area (Å²) >= 11 is 5.94. The van der Waals surface area contributed by atoms with Gasteiger partial charge in [-0.1, -0.05) is 23.7 Å². The Hall–Kier alpha value is -2.26. The van der Waals surface area contributed by atoms with Gasteiger partial charge in [0, 0.05) is 16.6 Å². The number of pyridine rings is 1. The van der Waals surface area contributed by atoms with Gasteiger partial charge in [0.2, 0.25) is 0 Å². The minimum absolute atomic E-state index is 0.0985. The minimum atomic E-state index is 0.0985. The molecule has 4 heteroatoms. The summed E-state index contributed by atoms with van der Waals surface area (Å²) in [7, 11) is 0. The Morgan fingerprint density at radius 1 is 1.00 bits per heavy atom. The molecule has 3 aromatic rings. The van der Waals surface area contributed by atoms with Gasteiger partial charge in [-0.2, -0.15) is 0 Å². The van der Waals surface area contributed by atoms with Gasteiger partial charge in [0.15, 0.2) is 11.5 Å². The third-order valence-electron chi connectivity index (χ3n) is 2.75. The standard InChI is InChI=1S/C15H10ClNO2/c16-10-5-6-11-12(9-10)17-8-7-14(11)19-15-4-2-1-3-13(15)18/h1-9,18H. The summed E-state index contributed by atoms with van der Waals surface area (Å²) in [6.45, 7) is 0. The van der Waals surface area contributed by atoms with Crippen LogP contribution in [-0.4, -0.2) is 10.1 Å². The summed E-state index contributed by atoms with van der Waals surface area (Å²) in [6.07, 6.45) is 1.65. The van der Waals surface area contributed by atoms with E-state index in [-0.39, 0.29) is 5.75 Å². The lowest BCUT2D eigenvalue weighted by Crippen LogP contribution is -1.88. The number of phenols is 1. The van der Waals surface area contributed by atoms with Crippen LogP contribution in [0.2, 0.25) is 5.02 Å². The Morgan fingerprint density at radius 3 is 2.68 bits per heavy atom. The second-order valence-corrected chi connectivity index (χ2v) is 4.48. The zero-order valence-corrected chi connectivity index (χ0v) is 10.6. The number of aromatic hydroxyl groups is 1. The molecule has 0 aliphatic carbocycles. The van der Waals surface area contributed by atoms with Crippen LogP contribution in [0.5, 0.6) is 17.2 Å². The summed E-state index contributed by atoms with van der Waals surface area (Å²) in [5.41, 5.74) is 0.750. The van der Waals surface area contributed by atoms with Crippen molar-refractivity contribution in [3.05, 3.63) is 59.8 Å². The molecule has 1 N–H and O–H groups in total. The number of benzene rings is 2. The quantitative estimate of drug-likeness (QED) is 0.752. The van der Waals surface area contributed by atoms with Gasteiger partial charge in [-0.15, -0.1) is 0 Å². The molecule has 0 radical (unpaired) electrons. The largest absolute Gasteiger partial charge is 0.504 e. The fraction of sp³-hybridized carbons (Fsp3) is 0. The number of fused-ring (bicyclic) bond motifs is 1. The van der Waals surface area contributed by atoms with Gasteiger partial charge < -0.3 is 9.84 Å². The smallest absolute Gasteiger partial charge is 0.169 e. The van der Waals surface area contributed by atoms with Crippen molar-refractivity contribution in [3.8, 4) is 17.2 Å². The maximum atomic E-state index is 9.73. The highest BCUT2D eigenvalue weighted by Gasteiger charge is 2.07. The van der Waals surface area contributed by atoms with E-state index >= 15 is 0 Å². The van der Waals surface area contributed by atoms with Crippen LogP contribution in [0.15, 0.2) is 54.7 Å². The molecule has 2 aromatic carbocycles. The molecule has 0 aliphatic heterocycles. The van der Waals surface area contributed by atoms with E-state index in [1.165, 1.54) is 0 Å². The number of aromatic nitrogens is 1. The number of para-hydroxylation sites is 2. The predicted molar refractivity (Wildman–Crippen MR) is 74.9 cm³/mol. The van der Waals surface area contributed by atoms with E-state index in [4.69, 9.17) is 16.3 Å². The predicted octanol–water partition coefficient (Wildman–Crippen LogP) is 4.39. The molecule has 94 valence electrons. The number of hydrogen-bond donors (Lipinski definition) is 1. The molecule has 0 fully saturated rings. The van der Waals surface area contributed by atoms with Crippen molar-refractivity contribution < 1.29 is 9.84 Å². The molecule has 3 rings (SSSR count). The van der Waals surface area contributed by atoms with Crippen LogP contribution < -0.4 is 4.74 Å². The number of nitrogens with zero attached hydrogens (tertiary/aromatic N) is 1. The monoisotopic (exact) mass is 271 g/mol. The van der Waals surface area contributed by atoms with Crippen molar-refractivity contribution in [3.63, 3.8) is 0 Å². The average molecular weight is 272 g/mol. The van der Waals surface area contributed by atoms with Gasteiger partial charge in [-0.3, -0.25) is 4.98 Å². The molecule has 0 saturated heterocycles. The molecule has 0 amide bonds. The lowest BCUT2D eigenvalue weighted by molar-refractivity contribution is 0.413. The highest BCUT2D eigenvalue weighted by Crippen LogP contribution is 2.34. The van der Waals surface area contributed by atoms with Crippen molar-refractivity contribution in [1.82, 2.24) is 4.98 Å². The number of ether oxygens (including phenoxy) is 1. The molecule has 1 aromatic heterocycles. The fourth-order valence-corrected chi connectivity index (χ4v) is 2.01. The van der Waals surface area contributed by atoms with E-state index in [1.54, 1.807) is 48.7 Å². The first-order chi connectivity index (χ1) is 9.24. The topological polar surface area (TPSA) is 42.4 Å². The van der Waals surface area contributed by atoms with Crippen molar-refractivity contribution in [2.24, 2.45) is 0 Å².